The molecule has 0 unspecified atom stereocenters. The third-order valence-electron chi connectivity index (χ3n) is 3.36. The molecular formula is C17H16N2O. The van der Waals surface area contributed by atoms with Gasteiger partial charge in [0.2, 0.25) is 5.91 Å². The second kappa shape index (κ2) is 6.03. The van der Waals surface area contributed by atoms with Crippen LogP contribution in [0.15, 0.2) is 48.5 Å². The Morgan fingerprint density at radius 2 is 1.80 bits per heavy atom. The van der Waals surface area contributed by atoms with Gasteiger partial charge in [-0.1, -0.05) is 36.4 Å². The van der Waals surface area contributed by atoms with E-state index in [1.54, 1.807) is 30.1 Å². The zero-order valence-corrected chi connectivity index (χ0v) is 11.6. The number of amides is 1. The van der Waals surface area contributed by atoms with Gasteiger partial charge in [0.05, 0.1) is 17.7 Å². The van der Waals surface area contributed by atoms with Crippen molar-refractivity contribution in [1.82, 2.24) is 0 Å². The number of hydrogen-bond donors (Lipinski definition) is 0. The highest BCUT2D eigenvalue weighted by atomic mass is 16.2. The topological polar surface area (TPSA) is 44.1 Å². The average molecular weight is 264 g/mol. The molecule has 0 aliphatic carbocycles. The second-order valence-corrected chi connectivity index (χ2v) is 4.68. The van der Waals surface area contributed by atoms with Gasteiger partial charge in [-0.3, -0.25) is 4.79 Å². The van der Waals surface area contributed by atoms with E-state index < -0.39 is 0 Å². The molecule has 3 nitrogen and oxygen atoms in total. The molecule has 0 fully saturated rings. The van der Waals surface area contributed by atoms with Gasteiger partial charge in [0.15, 0.2) is 0 Å². The molecule has 0 bridgehead atoms. The fraction of sp³-hybridized carbons (Fsp3) is 0.176. The number of nitriles is 1. The molecule has 0 atom stereocenters. The van der Waals surface area contributed by atoms with Gasteiger partial charge in [-0.2, -0.15) is 5.26 Å². The summed E-state index contributed by atoms with van der Waals surface area (Å²) in [5.41, 5.74) is 3.27. The molecule has 0 N–H and O–H groups in total. The van der Waals surface area contributed by atoms with Crippen molar-refractivity contribution < 1.29 is 4.79 Å². The summed E-state index contributed by atoms with van der Waals surface area (Å²) in [4.78, 5) is 13.9. The first-order valence-electron chi connectivity index (χ1n) is 6.43. The maximum atomic E-state index is 12.3. The number of carbonyl (C=O) groups excluding carboxylic acids is 1. The van der Waals surface area contributed by atoms with E-state index in [9.17, 15) is 4.79 Å². The molecule has 0 aliphatic rings. The van der Waals surface area contributed by atoms with E-state index in [1.165, 1.54) is 0 Å². The first kappa shape index (κ1) is 13.8. The monoisotopic (exact) mass is 264 g/mol. The third-order valence-corrected chi connectivity index (χ3v) is 3.36. The smallest absolute Gasteiger partial charge is 0.231 e. The fourth-order valence-corrected chi connectivity index (χ4v) is 2.08. The number of anilines is 1. The molecule has 0 radical (unpaired) electrons. The van der Waals surface area contributed by atoms with Crippen LogP contribution >= 0.6 is 0 Å². The van der Waals surface area contributed by atoms with E-state index in [2.05, 4.69) is 6.07 Å². The number of nitrogens with zero attached hydrogens (tertiary/aromatic N) is 2. The van der Waals surface area contributed by atoms with Crippen LogP contribution in [0, 0.1) is 18.3 Å². The SMILES string of the molecule is Cc1ccccc1CC(=O)N(C)c1ccccc1C#N. The molecule has 2 rings (SSSR count). The van der Waals surface area contributed by atoms with Crippen LogP contribution < -0.4 is 4.90 Å². The highest BCUT2D eigenvalue weighted by Gasteiger charge is 2.15. The first-order valence-corrected chi connectivity index (χ1v) is 6.43. The molecule has 20 heavy (non-hydrogen) atoms. The lowest BCUT2D eigenvalue weighted by molar-refractivity contribution is -0.117. The Morgan fingerprint density at radius 1 is 1.15 bits per heavy atom. The summed E-state index contributed by atoms with van der Waals surface area (Å²) in [7, 11) is 1.71. The van der Waals surface area contributed by atoms with Gasteiger partial charge < -0.3 is 4.90 Å². The van der Waals surface area contributed by atoms with Gasteiger partial charge in [-0.05, 0) is 30.2 Å². The van der Waals surface area contributed by atoms with Crippen molar-refractivity contribution in [3.05, 3.63) is 65.2 Å². The van der Waals surface area contributed by atoms with Gasteiger partial charge in [-0.25, -0.2) is 0 Å². The van der Waals surface area contributed by atoms with Crippen molar-refractivity contribution in [2.75, 3.05) is 11.9 Å². The van der Waals surface area contributed by atoms with Crippen LogP contribution in [-0.4, -0.2) is 13.0 Å². The summed E-state index contributed by atoms with van der Waals surface area (Å²) in [5.74, 6) is -0.0259. The van der Waals surface area contributed by atoms with Gasteiger partial charge in [0, 0.05) is 7.05 Å². The van der Waals surface area contributed by atoms with E-state index in [0.29, 0.717) is 17.7 Å². The minimum Gasteiger partial charge on any atom is -0.314 e. The van der Waals surface area contributed by atoms with Crippen LogP contribution in [0.1, 0.15) is 16.7 Å². The average Bonchev–Trinajstić information content (AvgIpc) is 2.48. The zero-order valence-electron chi connectivity index (χ0n) is 11.6. The minimum atomic E-state index is -0.0259. The maximum absolute atomic E-state index is 12.3. The zero-order chi connectivity index (χ0) is 14.5. The van der Waals surface area contributed by atoms with Crippen LogP contribution in [0.5, 0.6) is 0 Å². The van der Waals surface area contributed by atoms with Crippen LogP contribution in [-0.2, 0) is 11.2 Å². The molecule has 2 aromatic rings. The lowest BCUT2D eigenvalue weighted by Crippen LogP contribution is -2.28. The molecule has 0 saturated heterocycles. The third kappa shape index (κ3) is 2.86. The largest absolute Gasteiger partial charge is 0.314 e. The number of aryl methyl sites for hydroxylation is 1. The van der Waals surface area contributed by atoms with E-state index in [0.717, 1.165) is 11.1 Å². The molecule has 0 aliphatic heterocycles. The second-order valence-electron chi connectivity index (χ2n) is 4.68. The normalized spacial score (nSPS) is 9.85. The van der Waals surface area contributed by atoms with E-state index in [-0.39, 0.29) is 5.91 Å². The Labute approximate surface area is 119 Å². The molecule has 0 aromatic heterocycles. The summed E-state index contributed by atoms with van der Waals surface area (Å²) in [6.07, 6.45) is 0.336. The summed E-state index contributed by atoms with van der Waals surface area (Å²) in [6.45, 7) is 1.99. The predicted molar refractivity (Wildman–Crippen MR) is 79.5 cm³/mol. The summed E-state index contributed by atoms with van der Waals surface area (Å²) >= 11 is 0. The van der Waals surface area contributed by atoms with E-state index in [1.807, 2.05) is 37.3 Å². The molecular weight excluding hydrogens is 248 g/mol. The van der Waals surface area contributed by atoms with Crippen molar-refractivity contribution in [3.8, 4) is 6.07 Å². The Hall–Kier alpha value is -2.60. The first-order chi connectivity index (χ1) is 9.63. The summed E-state index contributed by atoms with van der Waals surface area (Å²) < 4.78 is 0. The van der Waals surface area contributed by atoms with Crippen LogP contribution in [0.4, 0.5) is 5.69 Å². The molecule has 100 valence electrons. The van der Waals surface area contributed by atoms with E-state index >= 15 is 0 Å². The number of hydrogen-bond acceptors (Lipinski definition) is 2. The molecule has 2 aromatic carbocycles. The molecule has 1 amide bonds. The minimum absolute atomic E-state index is 0.0259. The van der Waals surface area contributed by atoms with Gasteiger partial charge >= 0.3 is 0 Å². The molecule has 0 saturated carbocycles. The Bertz CT molecular complexity index is 671. The van der Waals surface area contributed by atoms with Crippen LogP contribution in [0.3, 0.4) is 0 Å². The standard InChI is InChI=1S/C17H16N2O/c1-13-7-3-4-8-14(13)11-17(20)19(2)16-10-6-5-9-15(16)12-18/h3-10H,11H2,1-2H3. The highest BCUT2D eigenvalue weighted by molar-refractivity contribution is 5.95. The van der Waals surface area contributed by atoms with Crippen molar-refractivity contribution >= 4 is 11.6 Å². The maximum Gasteiger partial charge on any atom is 0.231 e. The number of para-hydroxylation sites is 1. The van der Waals surface area contributed by atoms with Crippen molar-refractivity contribution in [3.63, 3.8) is 0 Å². The van der Waals surface area contributed by atoms with E-state index in [4.69, 9.17) is 5.26 Å². The van der Waals surface area contributed by atoms with Gasteiger partial charge in [0.25, 0.3) is 0 Å². The Morgan fingerprint density at radius 3 is 2.50 bits per heavy atom. The van der Waals surface area contributed by atoms with Crippen LogP contribution in [0.2, 0.25) is 0 Å². The predicted octanol–water partition coefficient (Wildman–Crippen LogP) is 3.07. The van der Waals surface area contributed by atoms with Gasteiger partial charge in [-0.15, -0.1) is 0 Å². The lowest BCUT2D eigenvalue weighted by atomic mass is 10.0. The number of benzene rings is 2. The highest BCUT2D eigenvalue weighted by Crippen LogP contribution is 2.19. The van der Waals surface area contributed by atoms with Crippen LogP contribution in [0.25, 0.3) is 0 Å². The quantitative estimate of drug-likeness (QED) is 0.855. The Balaban J connectivity index is 2.22. The van der Waals surface area contributed by atoms with Crippen molar-refractivity contribution in [2.45, 2.75) is 13.3 Å². The number of rotatable bonds is 3. The molecule has 0 heterocycles. The Kier molecular flexibility index (Phi) is 4.17. The molecule has 3 heteroatoms. The van der Waals surface area contributed by atoms with Gasteiger partial charge in [0.1, 0.15) is 6.07 Å². The lowest BCUT2D eigenvalue weighted by Gasteiger charge is -2.19. The van der Waals surface area contributed by atoms with Crippen molar-refractivity contribution in [1.29, 1.82) is 5.26 Å². The number of likely N-dealkylation sites (N-methyl/N-ethyl adjacent to an activating group) is 1. The number of carbonyl (C=O) groups is 1. The summed E-state index contributed by atoms with van der Waals surface area (Å²) in [6, 6.07) is 17.1. The van der Waals surface area contributed by atoms with Crippen molar-refractivity contribution in [2.24, 2.45) is 0 Å². The molecule has 0 spiro atoms. The summed E-state index contributed by atoms with van der Waals surface area (Å²) in [5, 5.41) is 9.09. The fourth-order valence-electron chi connectivity index (χ4n) is 2.08.